The first-order valence-electron chi connectivity index (χ1n) is 5.88. The Labute approximate surface area is 184 Å². The first-order valence-corrected chi connectivity index (χ1v) is 5.88. The molecule has 0 rings (SSSR count). The summed E-state index contributed by atoms with van der Waals surface area (Å²) >= 11 is 0. The average molecular weight is 388 g/mol. The predicted molar refractivity (Wildman–Crippen MR) is 90.2 cm³/mol. The molecule has 0 aliphatic heterocycles. The minimum absolute atomic E-state index is 0. The van der Waals surface area contributed by atoms with Crippen molar-refractivity contribution >= 4 is 46.1 Å². The van der Waals surface area contributed by atoms with Crippen molar-refractivity contribution in [2.24, 2.45) is 0 Å². The summed E-state index contributed by atoms with van der Waals surface area (Å²) in [6.45, 7) is 11.7. The maximum Gasteiger partial charge on any atom is 2.00 e. The summed E-state index contributed by atoms with van der Waals surface area (Å²) in [5.74, 6) is 0. The van der Waals surface area contributed by atoms with E-state index in [-0.39, 0.29) is 99.0 Å². The molecule has 8 heteroatoms. The van der Waals surface area contributed by atoms with Gasteiger partial charge in [-0.25, -0.2) is 0 Å². The standard InChI is InChI=1S/C4H10O2.C4H9O2.C4H9.2CH4.2ClH.2Mg/c2*1-2-6-4-3-5;1-3-4-2;;;;;;/h5H,2-4H2,1H3;2-4H2,1H3;1,3-4H2,2H3;2*1H4;2*1H;;/q;2*-1;;;;;2*+2/p-2. The normalized spacial score (nSPS) is 6.27. The van der Waals surface area contributed by atoms with Crippen LogP contribution in [0.3, 0.4) is 0 Å². The monoisotopic (exact) mass is 386 g/mol. The van der Waals surface area contributed by atoms with Crippen LogP contribution >= 0.6 is 0 Å². The number of hydrogen-bond donors (Lipinski definition) is 1. The average Bonchev–Trinajstić information content (AvgIpc) is 2.34. The molecule has 0 aliphatic rings. The fourth-order valence-corrected chi connectivity index (χ4v) is 0.412. The van der Waals surface area contributed by atoms with Crippen molar-refractivity contribution in [3.8, 4) is 0 Å². The molecule has 0 saturated heterocycles. The molecule has 0 unspecified atom stereocenters. The van der Waals surface area contributed by atoms with Gasteiger partial charge >= 0.3 is 46.1 Å². The van der Waals surface area contributed by atoms with Crippen LogP contribution in [-0.4, -0.2) is 90.9 Å². The van der Waals surface area contributed by atoms with Crippen LogP contribution in [-0.2, 0) is 9.47 Å². The smallest absolute Gasteiger partial charge is 1.00 e. The molecule has 1 N–H and O–H groups in total. The van der Waals surface area contributed by atoms with Gasteiger partial charge in [0, 0.05) is 19.8 Å². The third-order valence-electron chi connectivity index (χ3n) is 1.23. The van der Waals surface area contributed by atoms with Crippen LogP contribution in [0.5, 0.6) is 0 Å². The first kappa shape index (κ1) is 56.4. The van der Waals surface area contributed by atoms with Gasteiger partial charge in [0.15, 0.2) is 0 Å². The first-order chi connectivity index (χ1) is 7.74. The van der Waals surface area contributed by atoms with E-state index in [1.807, 2.05) is 13.8 Å². The molecule has 134 valence electrons. The van der Waals surface area contributed by atoms with Crippen LogP contribution in [0.1, 0.15) is 48.5 Å². The second kappa shape index (κ2) is 77.4. The molecule has 0 radical (unpaired) electrons. The summed E-state index contributed by atoms with van der Waals surface area (Å²) in [4.78, 5) is 0. The van der Waals surface area contributed by atoms with Crippen LogP contribution in [0.25, 0.3) is 0 Å². The van der Waals surface area contributed by atoms with Gasteiger partial charge in [0.1, 0.15) is 0 Å². The Hall–Kier alpha value is 1.95. The van der Waals surface area contributed by atoms with E-state index in [0.29, 0.717) is 26.4 Å². The van der Waals surface area contributed by atoms with Gasteiger partial charge in [0.25, 0.3) is 0 Å². The molecule has 0 bridgehead atoms. The zero-order valence-electron chi connectivity index (χ0n) is 13.2. The van der Waals surface area contributed by atoms with Crippen molar-refractivity contribution in [3.05, 3.63) is 6.92 Å². The topological polar surface area (TPSA) is 61.8 Å². The number of unbranched alkanes of at least 4 members (excludes halogenated alkanes) is 1. The zero-order valence-corrected chi connectivity index (χ0v) is 17.5. The zero-order chi connectivity index (χ0) is 13.1. The van der Waals surface area contributed by atoms with Crippen LogP contribution in [0, 0.1) is 6.92 Å². The molecule has 0 atom stereocenters. The van der Waals surface area contributed by atoms with Gasteiger partial charge in [-0.2, -0.15) is 6.42 Å². The minimum atomic E-state index is -0.117. The molecule has 0 fully saturated rings. The van der Waals surface area contributed by atoms with E-state index < -0.39 is 0 Å². The molecule has 0 aromatic heterocycles. The van der Waals surface area contributed by atoms with E-state index in [1.54, 1.807) is 0 Å². The van der Waals surface area contributed by atoms with E-state index in [0.717, 1.165) is 6.42 Å². The molecule has 0 aliphatic carbocycles. The Bertz CT molecular complexity index is 81.2. The fraction of sp³-hybridized carbons (Fsp3) is 0.929. The summed E-state index contributed by atoms with van der Waals surface area (Å²) in [7, 11) is 0. The van der Waals surface area contributed by atoms with Crippen molar-refractivity contribution in [1.82, 2.24) is 0 Å². The fourth-order valence-electron chi connectivity index (χ4n) is 0.412. The summed E-state index contributed by atoms with van der Waals surface area (Å²) in [5.41, 5.74) is 0. The number of rotatable bonds is 7. The summed E-state index contributed by atoms with van der Waals surface area (Å²) in [6.07, 6.45) is 2.28. The second-order valence-electron chi connectivity index (χ2n) is 2.68. The summed E-state index contributed by atoms with van der Waals surface area (Å²) < 4.78 is 9.40. The Kier molecular flexibility index (Phi) is 199. The Morgan fingerprint density at radius 2 is 1.23 bits per heavy atom. The van der Waals surface area contributed by atoms with Gasteiger partial charge < -0.3 is 51.4 Å². The quantitative estimate of drug-likeness (QED) is 0.272. The van der Waals surface area contributed by atoms with Crippen molar-refractivity contribution in [2.45, 2.75) is 48.5 Å². The molecule has 0 aromatic rings. The van der Waals surface area contributed by atoms with E-state index in [2.05, 4.69) is 18.6 Å². The van der Waals surface area contributed by atoms with Crippen LogP contribution in [0.2, 0.25) is 0 Å². The summed E-state index contributed by atoms with van der Waals surface area (Å²) in [5, 5.41) is 17.6. The van der Waals surface area contributed by atoms with Crippen LogP contribution < -0.4 is 29.9 Å². The second-order valence-corrected chi connectivity index (χ2v) is 2.68. The molecule has 0 amide bonds. The van der Waals surface area contributed by atoms with Crippen molar-refractivity contribution in [1.29, 1.82) is 0 Å². The Balaban J connectivity index is -0.0000000147. The van der Waals surface area contributed by atoms with E-state index in [4.69, 9.17) is 9.84 Å². The molecule has 0 aromatic carbocycles. The Morgan fingerprint density at radius 1 is 0.909 bits per heavy atom. The largest absolute Gasteiger partial charge is 2.00 e. The molecule has 0 saturated carbocycles. The van der Waals surface area contributed by atoms with Crippen LogP contribution in [0.15, 0.2) is 0 Å². The van der Waals surface area contributed by atoms with Gasteiger partial charge in [-0.05, 0) is 13.8 Å². The molecule has 0 spiro atoms. The van der Waals surface area contributed by atoms with E-state index in [9.17, 15) is 5.11 Å². The van der Waals surface area contributed by atoms with Gasteiger partial charge in [-0.15, -0.1) is 6.61 Å². The van der Waals surface area contributed by atoms with E-state index >= 15 is 0 Å². The molecule has 22 heavy (non-hydrogen) atoms. The van der Waals surface area contributed by atoms with Gasteiger partial charge in [-0.3, -0.25) is 0 Å². The number of aliphatic hydroxyl groups is 1. The van der Waals surface area contributed by atoms with Crippen molar-refractivity contribution < 1.29 is 44.5 Å². The maximum absolute atomic E-state index is 9.56. The third kappa shape index (κ3) is 120. The van der Waals surface area contributed by atoms with Crippen molar-refractivity contribution in [2.75, 3.05) is 39.6 Å². The van der Waals surface area contributed by atoms with E-state index in [1.165, 1.54) is 6.42 Å². The van der Waals surface area contributed by atoms with Gasteiger partial charge in [0.2, 0.25) is 0 Å². The molecular weight excluding hydrogens is 352 g/mol. The van der Waals surface area contributed by atoms with Gasteiger partial charge in [0.05, 0.1) is 13.2 Å². The van der Waals surface area contributed by atoms with Gasteiger partial charge in [-0.1, -0.05) is 28.2 Å². The number of halogens is 2. The third-order valence-corrected chi connectivity index (χ3v) is 1.23. The minimum Gasteiger partial charge on any atom is -1.00 e. The van der Waals surface area contributed by atoms with Crippen molar-refractivity contribution in [3.63, 3.8) is 0 Å². The molecule has 0 heterocycles. The number of aliphatic hydroxyl groups excluding tert-OH is 1. The number of ether oxygens (including phenoxy) is 2. The Morgan fingerprint density at radius 3 is 1.32 bits per heavy atom. The molecular formula is C14H36Cl2Mg2O4. The molecule has 4 nitrogen and oxygen atoms in total. The van der Waals surface area contributed by atoms with Crippen LogP contribution in [0.4, 0.5) is 0 Å². The SMILES string of the molecule is C.C.CCOCCO.CCOCC[O-].[CH2-]CCC.[Cl-].[Cl-].[Mg+2].[Mg+2]. The number of hydrogen-bond acceptors (Lipinski definition) is 4. The predicted octanol–water partition coefficient (Wildman–Crippen LogP) is -4.46. The summed E-state index contributed by atoms with van der Waals surface area (Å²) in [6, 6.07) is 0. The maximum atomic E-state index is 9.56.